The molecule has 3 nitrogen and oxygen atoms in total. The highest BCUT2D eigenvalue weighted by atomic mass is 16.1. The van der Waals surface area contributed by atoms with Crippen LogP contribution in [0, 0.1) is 0 Å². The zero-order chi connectivity index (χ0) is 10.9. The van der Waals surface area contributed by atoms with Crippen LogP contribution in [0.25, 0.3) is 0 Å². The number of nitrogens with one attached hydrogen (secondary N) is 1. The maximum atomic E-state index is 11.5. The quantitative estimate of drug-likeness (QED) is 0.634. The summed E-state index contributed by atoms with van der Waals surface area (Å²) < 4.78 is 0. The van der Waals surface area contributed by atoms with E-state index in [9.17, 15) is 4.79 Å². The fourth-order valence-electron chi connectivity index (χ4n) is 2.15. The van der Waals surface area contributed by atoms with Crippen molar-refractivity contribution >= 4 is 5.91 Å². The molecule has 0 bridgehead atoms. The van der Waals surface area contributed by atoms with Crippen LogP contribution in [-0.2, 0) is 4.79 Å². The summed E-state index contributed by atoms with van der Waals surface area (Å²) in [6.07, 6.45) is 10.0. The number of rotatable bonds is 7. The molecule has 0 aromatic heterocycles. The van der Waals surface area contributed by atoms with Crippen LogP contribution in [0.4, 0.5) is 0 Å². The van der Waals surface area contributed by atoms with Crippen LogP contribution < -0.4 is 11.1 Å². The van der Waals surface area contributed by atoms with Gasteiger partial charge in [0.05, 0.1) is 0 Å². The third-order valence-corrected chi connectivity index (χ3v) is 3.08. The molecule has 0 unspecified atom stereocenters. The Morgan fingerprint density at radius 2 is 1.80 bits per heavy atom. The predicted molar refractivity (Wildman–Crippen MR) is 62.5 cm³/mol. The third kappa shape index (κ3) is 5.78. The Hall–Kier alpha value is -0.570. The van der Waals surface area contributed by atoms with E-state index in [4.69, 9.17) is 5.73 Å². The monoisotopic (exact) mass is 212 g/mol. The molecule has 0 aromatic rings. The van der Waals surface area contributed by atoms with Gasteiger partial charge in [-0.25, -0.2) is 0 Å². The Labute approximate surface area is 92.8 Å². The van der Waals surface area contributed by atoms with Crippen LogP contribution in [0.2, 0.25) is 0 Å². The van der Waals surface area contributed by atoms with Crippen molar-refractivity contribution in [3.05, 3.63) is 0 Å². The summed E-state index contributed by atoms with van der Waals surface area (Å²) >= 11 is 0. The molecule has 3 heteroatoms. The molecule has 1 aliphatic carbocycles. The maximum Gasteiger partial charge on any atom is 0.220 e. The van der Waals surface area contributed by atoms with Crippen LogP contribution in [-0.4, -0.2) is 18.5 Å². The topological polar surface area (TPSA) is 55.1 Å². The van der Waals surface area contributed by atoms with E-state index in [0.29, 0.717) is 12.5 Å². The van der Waals surface area contributed by atoms with Crippen molar-refractivity contribution in [1.82, 2.24) is 5.32 Å². The van der Waals surface area contributed by atoms with Gasteiger partial charge in [-0.15, -0.1) is 0 Å². The van der Waals surface area contributed by atoms with Crippen LogP contribution in [0.1, 0.15) is 57.8 Å². The highest BCUT2D eigenvalue weighted by molar-refractivity contribution is 5.76. The van der Waals surface area contributed by atoms with Gasteiger partial charge in [-0.05, 0) is 32.2 Å². The van der Waals surface area contributed by atoms with Crippen molar-refractivity contribution in [2.75, 3.05) is 6.54 Å². The Bertz CT molecular complexity index is 176. The molecule has 88 valence electrons. The van der Waals surface area contributed by atoms with Crippen molar-refractivity contribution in [1.29, 1.82) is 0 Å². The summed E-state index contributed by atoms with van der Waals surface area (Å²) in [5, 5.41) is 3.11. The van der Waals surface area contributed by atoms with Crippen molar-refractivity contribution in [3.63, 3.8) is 0 Å². The fraction of sp³-hybridized carbons (Fsp3) is 0.917. The molecule has 0 saturated heterocycles. The average molecular weight is 212 g/mol. The summed E-state index contributed by atoms with van der Waals surface area (Å²) in [4.78, 5) is 11.5. The van der Waals surface area contributed by atoms with Gasteiger partial charge >= 0.3 is 0 Å². The number of unbranched alkanes of at least 4 members (excludes halogenated alkanes) is 3. The number of carbonyl (C=O) groups is 1. The molecule has 1 aliphatic rings. The molecule has 15 heavy (non-hydrogen) atoms. The highest BCUT2D eigenvalue weighted by Crippen LogP contribution is 2.17. The van der Waals surface area contributed by atoms with Gasteiger partial charge in [0.1, 0.15) is 0 Å². The Morgan fingerprint density at radius 1 is 1.13 bits per heavy atom. The molecule has 0 aromatic carbocycles. The molecule has 1 amide bonds. The molecule has 0 radical (unpaired) electrons. The Morgan fingerprint density at radius 3 is 2.47 bits per heavy atom. The summed E-state index contributed by atoms with van der Waals surface area (Å²) in [5.74, 6) is 0.245. The fourth-order valence-corrected chi connectivity index (χ4v) is 2.15. The van der Waals surface area contributed by atoms with Crippen molar-refractivity contribution < 1.29 is 4.79 Å². The minimum absolute atomic E-state index is 0.245. The number of hydrogen-bond acceptors (Lipinski definition) is 2. The van der Waals surface area contributed by atoms with Gasteiger partial charge in [0.2, 0.25) is 5.91 Å². The van der Waals surface area contributed by atoms with Crippen LogP contribution in [0.15, 0.2) is 0 Å². The molecule has 1 saturated carbocycles. The number of hydrogen-bond donors (Lipinski definition) is 2. The van der Waals surface area contributed by atoms with E-state index in [-0.39, 0.29) is 5.91 Å². The van der Waals surface area contributed by atoms with Crippen molar-refractivity contribution in [3.8, 4) is 0 Å². The van der Waals surface area contributed by atoms with E-state index in [1.54, 1.807) is 0 Å². The molecule has 0 heterocycles. The lowest BCUT2D eigenvalue weighted by atomic mass is 10.1. The number of nitrogens with two attached hydrogens (primary N) is 1. The first-order chi connectivity index (χ1) is 7.33. The Kier molecular flexibility index (Phi) is 6.41. The molecular formula is C12H24N2O. The second kappa shape index (κ2) is 7.69. The predicted octanol–water partition coefficient (Wildman–Crippen LogP) is 1.95. The van der Waals surface area contributed by atoms with E-state index in [2.05, 4.69) is 5.32 Å². The van der Waals surface area contributed by atoms with E-state index in [1.807, 2.05) is 0 Å². The molecule has 1 rings (SSSR count). The van der Waals surface area contributed by atoms with Gasteiger partial charge in [0, 0.05) is 12.5 Å². The maximum absolute atomic E-state index is 11.5. The lowest BCUT2D eigenvalue weighted by molar-refractivity contribution is -0.121. The standard InChI is InChI=1S/C12H24N2O/c13-10-6-2-1-3-9-12(15)14-11-7-4-5-8-11/h11H,1-10,13H2,(H,14,15). The van der Waals surface area contributed by atoms with Gasteiger partial charge in [-0.1, -0.05) is 25.7 Å². The summed E-state index contributed by atoms with van der Waals surface area (Å²) in [5.41, 5.74) is 5.40. The first-order valence-corrected chi connectivity index (χ1v) is 6.32. The summed E-state index contributed by atoms with van der Waals surface area (Å²) in [7, 11) is 0. The molecule has 0 spiro atoms. The normalized spacial score (nSPS) is 16.9. The largest absolute Gasteiger partial charge is 0.353 e. The first kappa shape index (κ1) is 12.5. The van der Waals surface area contributed by atoms with Crippen LogP contribution in [0.5, 0.6) is 0 Å². The van der Waals surface area contributed by atoms with Gasteiger partial charge in [0.15, 0.2) is 0 Å². The zero-order valence-corrected chi connectivity index (χ0v) is 9.63. The molecule has 0 atom stereocenters. The van der Waals surface area contributed by atoms with Gasteiger partial charge in [0.25, 0.3) is 0 Å². The smallest absolute Gasteiger partial charge is 0.220 e. The molecule has 3 N–H and O–H groups in total. The van der Waals surface area contributed by atoms with Gasteiger partial charge < -0.3 is 11.1 Å². The van der Waals surface area contributed by atoms with E-state index in [1.165, 1.54) is 25.7 Å². The zero-order valence-electron chi connectivity index (χ0n) is 9.63. The second-order valence-electron chi connectivity index (χ2n) is 4.50. The minimum atomic E-state index is 0.245. The lowest BCUT2D eigenvalue weighted by Gasteiger charge is -2.11. The van der Waals surface area contributed by atoms with Crippen molar-refractivity contribution in [2.45, 2.75) is 63.8 Å². The van der Waals surface area contributed by atoms with Gasteiger partial charge in [-0.3, -0.25) is 4.79 Å². The highest BCUT2D eigenvalue weighted by Gasteiger charge is 2.16. The minimum Gasteiger partial charge on any atom is -0.353 e. The van der Waals surface area contributed by atoms with E-state index >= 15 is 0 Å². The molecule has 0 aliphatic heterocycles. The Balaban J connectivity index is 1.93. The van der Waals surface area contributed by atoms with E-state index < -0.39 is 0 Å². The summed E-state index contributed by atoms with van der Waals surface area (Å²) in [6, 6.07) is 0.474. The van der Waals surface area contributed by atoms with Crippen molar-refractivity contribution in [2.24, 2.45) is 5.73 Å². The SMILES string of the molecule is NCCCCCCC(=O)NC1CCCC1. The number of carbonyl (C=O) groups excluding carboxylic acids is 1. The van der Waals surface area contributed by atoms with Gasteiger partial charge in [-0.2, -0.15) is 0 Å². The third-order valence-electron chi connectivity index (χ3n) is 3.08. The summed E-state index contributed by atoms with van der Waals surface area (Å²) in [6.45, 7) is 0.772. The average Bonchev–Trinajstić information content (AvgIpc) is 2.70. The second-order valence-corrected chi connectivity index (χ2v) is 4.50. The van der Waals surface area contributed by atoms with E-state index in [0.717, 1.165) is 32.2 Å². The molecule has 1 fully saturated rings. The lowest BCUT2D eigenvalue weighted by Crippen LogP contribution is -2.32. The van der Waals surface area contributed by atoms with Crippen LogP contribution in [0.3, 0.4) is 0 Å². The number of amides is 1. The first-order valence-electron chi connectivity index (χ1n) is 6.32. The van der Waals surface area contributed by atoms with Crippen LogP contribution >= 0.6 is 0 Å². The molecular weight excluding hydrogens is 188 g/mol.